The van der Waals surface area contributed by atoms with E-state index >= 15 is 0 Å². The first-order valence-corrected chi connectivity index (χ1v) is 14.4. The molecule has 0 bridgehead atoms. The van der Waals surface area contributed by atoms with Crippen molar-refractivity contribution in [2.75, 3.05) is 23.7 Å². The van der Waals surface area contributed by atoms with E-state index in [4.69, 9.17) is 11.6 Å². The lowest BCUT2D eigenvalue weighted by atomic mass is 10.0. The van der Waals surface area contributed by atoms with Crippen LogP contribution in [0, 0.1) is 5.82 Å². The number of halogens is 2. The van der Waals surface area contributed by atoms with Gasteiger partial charge in [0.15, 0.2) is 0 Å². The molecule has 38 heavy (non-hydrogen) atoms. The zero-order valence-electron chi connectivity index (χ0n) is 21.3. The molecule has 3 aromatic carbocycles. The standard InChI is InChI=1S/C28H31ClFN3O4S/c1-3-17-31-28(35)26(18-21-11-5-4-6-12-21)32(19-22-13-7-8-14-23(22)29)27(34)20-33(38(2,36)37)25-16-10-9-15-24(25)30/h4-16,26H,3,17-20H2,1-2H3,(H,31,35). The van der Waals surface area contributed by atoms with Crippen LogP contribution in [0.1, 0.15) is 24.5 Å². The predicted octanol–water partition coefficient (Wildman–Crippen LogP) is 4.41. The smallest absolute Gasteiger partial charge is 0.244 e. The Labute approximate surface area is 228 Å². The molecule has 2 amide bonds. The number of carbonyl (C=O) groups excluding carboxylic acids is 2. The van der Waals surface area contributed by atoms with Gasteiger partial charge < -0.3 is 10.2 Å². The minimum absolute atomic E-state index is 0.0512. The highest BCUT2D eigenvalue weighted by molar-refractivity contribution is 7.92. The highest BCUT2D eigenvalue weighted by Crippen LogP contribution is 2.24. The summed E-state index contributed by atoms with van der Waals surface area (Å²) in [5.74, 6) is -1.84. The molecule has 0 aliphatic rings. The molecule has 1 atom stereocenters. The monoisotopic (exact) mass is 559 g/mol. The molecule has 202 valence electrons. The van der Waals surface area contributed by atoms with Crippen molar-refractivity contribution in [3.63, 3.8) is 0 Å². The molecule has 0 aliphatic carbocycles. The molecule has 0 aromatic heterocycles. The number of nitrogens with one attached hydrogen (secondary N) is 1. The SMILES string of the molecule is CCCNC(=O)C(Cc1ccccc1)N(Cc1ccccc1Cl)C(=O)CN(c1ccccc1F)S(C)(=O)=O. The summed E-state index contributed by atoms with van der Waals surface area (Å²) in [4.78, 5) is 28.6. The lowest BCUT2D eigenvalue weighted by molar-refractivity contribution is -0.140. The fourth-order valence-electron chi connectivity index (χ4n) is 3.98. The Hall–Kier alpha value is -3.43. The number of benzene rings is 3. The maximum atomic E-state index is 14.6. The van der Waals surface area contributed by atoms with Gasteiger partial charge in [-0.1, -0.05) is 79.2 Å². The highest BCUT2D eigenvalue weighted by Gasteiger charge is 2.33. The summed E-state index contributed by atoms with van der Waals surface area (Å²) in [6.45, 7) is 1.57. The summed E-state index contributed by atoms with van der Waals surface area (Å²) in [5.41, 5.74) is 1.15. The molecule has 7 nitrogen and oxygen atoms in total. The van der Waals surface area contributed by atoms with Crippen molar-refractivity contribution in [1.29, 1.82) is 0 Å². The van der Waals surface area contributed by atoms with E-state index in [1.165, 1.54) is 23.1 Å². The number of hydrogen-bond donors (Lipinski definition) is 1. The topological polar surface area (TPSA) is 86.8 Å². The van der Waals surface area contributed by atoms with E-state index in [0.717, 1.165) is 17.9 Å². The average Bonchev–Trinajstić information content (AvgIpc) is 2.89. The Morgan fingerprint density at radius 3 is 2.24 bits per heavy atom. The summed E-state index contributed by atoms with van der Waals surface area (Å²) in [6, 6.07) is 20.5. The van der Waals surface area contributed by atoms with Crippen molar-refractivity contribution >= 4 is 39.1 Å². The predicted molar refractivity (Wildman–Crippen MR) is 148 cm³/mol. The normalized spacial score (nSPS) is 12.0. The van der Waals surface area contributed by atoms with Gasteiger partial charge in [0.25, 0.3) is 0 Å². The van der Waals surface area contributed by atoms with E-state index in [-0.39, 0.29) is 24.6 Å². The quantitative estimate of drug-likeness (QED) is 0.356. The summed E-state index contributed by atoms with van der Waals surface area (Å²) in [6.07, 6.45) is 1.78. The van der Waals surface area contributed by atoms with Gasteiger partial charge in [0.05, 0.1) is 11.9 Å². The van der Waals surface area contributed by atoms with Gasteiger partial charge in [0.1, 0.15) is 18.4 Å². The lowest BCUT2D eigenvalue weighted by Crippen LogP contribution is -2.53. The van der Waals surface area contributed by atoms with E-state index in [0.29, 0.717) is 27.9 Å². The Bertz CT molecular complexity index is 1350. The summed E-state index contributed by atoms with van der Waals surface area (Å²) in [5, 5.41) is 3.25. The van der Waals surface area contributed by atoms with Crippen molar-refractivity contribution < 1.29 is 22.4 Å². The second-order valence-electron chi connectivity index (χ2n) is 8.83. The molecule has 0 saturated carbocycles. The van der Waals surface area contributed by atoms with Gasteiger partial charge in [-0.15, -0.1) is 0 Å². The maximum Gasteiger partial charge on any atom is 0.244 e. The number of sulfonamides is 1. The van der Waals surface area contributed by atoms with Gasteiger partial charge in [-0.25, -0.2) is 12.8 Å². The highest BCUT2D eigenvalue weighted by atomic mass is 35.5. The van der Waals surface area contributed by atoms with E-state index in [9.17, 15) is 22.4 Å². The van der Waals surface area contributed by atoms with Crippen molar-refractivity contribution in [1.82, 2.24) is 10.2 Å². The van der Waals surface area contributed by atoms with Gasteiger partial charge in [0, 0.05) is 24.5 Å². The number of rotatable bonds is 12. The molecule has 0 saturated heterocycles. The minimum Gasteiger partial charge on any atom is -0.354 e. The summed E-state index contributed by atoms with van der Waals surface area (Å²) >= 11 is 6.40. The van der Waals surface area contributed by atoms with Crippen LogP contribution in [0.25, 0.3) is 0 Å². The summed E-state index contributed by atoms with van der Waals surface area (Å²) in [7, 11) is -4.05. The van der Waals surface area contributed by atoms with E-state index in [1.807, 2.05) is 37.3 Å². The first-order chi connectivity index (χ1) is 18.1. The molecule has 0 aliphatic heterocycles. The molecule has 1 N–H and O–H groups in total. The minimum atomic E-state index is -4.05. The molecule has 0 radical (unpaired) electrons. The van der Waals surface area contributed by atoms with Crippen LogP contribution in [-0.2, 0) is 32.6 Å². The number of hydrogen-bond acceptors (Lipinski definition) is 4. The van der Waals surface area contributed by atoms with Crippen LogP contribution in [0.4, 0.5) is 10.1 Å². The molecule has 3 rings (SSSR count). The summed E-state index contributed by atoms with van der Waals surface area (Å²) < 4.78 is 40.7. The van der Waals surface area contributed by atoms with E-state index < -0.39 is 34.3 Å². The fraction of sp³-hybridized carbons (Fsp3) is 0.286. The number of carbonyl (C=O) groups is 2. The number of amides is 2. The van der Waals surface area contributed by atoms with Crippen LogP contribution < -0.4 is 9.62 Å². The van der Waals surface area contributed by atoms with Crippen LogP contribution in [0.2, 0.25) is 5.02 Å². The Morgan fingerprint density at radius 2 is 1.61 bits per heavy atom. The largest absolute Gasteiger partial charge is 0.354 e. The third-order valence-electron chi connectivity index (χ3n) is 5.92. The molecule has 0 spiro atoms. The van der Waals surface area contributed by atoms with E-state index in [2.05, 4.69) is 5.32 Å². The number of anilines is 1. The van der Waals surface area contributed by atoms with Gasteiger partial charge >= 0.3 is 0 Å². The lowest BCUT2D eigenvalue weighted by Gasteiger charge is -2.33. The van der Waals surface area contributed by atoms with Crippen molar-refractivity contribution in [2.24, 2.45) is 0 Å². The van der Waals surface area contributed by atoms with Crippen LogP contribution in [0.5, 0.6) is 0 Å². The Morgan fingerprint density at radius 1 is 0.974 bits per heavy atom. The van der Waals surface area contributed by atoms with Crippen molar-refractivity contribution in [3.8, 4) is 0 Å². The van der Waals surface area contributed by atoms with Gasteiger partial charge in [-0.05, 0) is 35.7 Å². The number of nitrogens with zero attached hydrogens (tertiary/aromatic N) is 2. The third kappa shape index (κ3) is 7.79. The third-order valence-corrected chi connectivity index (χ3v) is 7.41. The zero-order valence-corrected chi connectivity index (χ0v) is 22.9. The molecule has 0 fully saturated rings. The van der Waals surface area contributed by atoms with Crippen LogP contribution in [0.15, 0.2) is 78.9 Å². The van der Waals surface area contributed by atoms with Crippen LogP contribution in [0.3, 0.4) is 0 Å². The Kier molecular flexibility index (Phi) is 10.3. The molecule has 3 aromatic rings. The second kappa shape index (κ2) is 13.4. The van der Waals surface area contributed by atoms with Crippen LogP contribution >= 0.6 is 11.6 Å². The maximum absolute atomic E-state index is 14.6. The molecular weight excluding hydrogens is 529 g/mol. The second-order valence-corrected chi connectivity index (χ2v) is 11.1. The van der Waals surface area contributed by atoms with E-state index in [1.54, 1.807) is 24.3 Å². The van der Waals surface area contributed by atoms with Crippen LogP contribution in [-0.4, -0.2) is 50.5 Å². The first-order valence-electron chi connectivity index (χ1n) is 12.2. The average molecular weight is 560 g/mol. The molecule has 1 unspecified atom stereocenters. The Balaban J connectivity index is 2.06. The van der Waals surface area contributed by atoms with Crippen molar-refractivity contribution in [3.05, 3.63) is 101 Å². The molecule has 10 heteroatoms. The van der Waals surface area contributed by atoms with Gasteiger partial charge in [-0.2, -0.15) is 0 Å². The van der Waals surface area contributed by atoms with Gasteiger partial charge in [0.2, 0.25) is 21.8 Å². The molecular formula is C28H31ClFN3O4S. The van der Waals surface area contributed by atoms with Crippen molar-refractivity contribution in [2.45, 2.75) is 32.4 Å². The zero-order chi connectivity index (χ0) is 27.7. The first kappa shape index (κ1) is 29.1. The fourth-order valence-corrected chi connectivity index (χ4v) is 5.02. The number of para-hydroxylation sites is 1. The van der Waals surface area contributed by atoms with Gasteiger partial charge in [-0.3, -0.25) is 13.9 Å². The molecule has 0 heterocycles.